The molecule has 3 N–H and O–H groups in total. The van der Waals surface area contributed by atoms with E-state index in [1.165, 1.54) is 30.7 Å². The molecule has 0 atom stereocenters. The van der Waals surface area contributed by atoms with E-state index in [-0.39, 0.29) is 11.6 Å². The Morgan fingerprint density at radius 3 is 2.37 bits per heavy atom. The number of carbonyl (C=O) groups is 1. The van der Waals surface area contributed by atoms with E-state index in [1.807, 2.05) is 5.32 Å². The third-order valence-corrected chi connectivity index (χ3v) is 5.46. The summed E-state index contributed by atoms with van der Waals surface area (Å²) in [4.78, 5) is 23.8. The van der Waals surface area contributed by atoms with Gasteiger partial charge in [0.1, 0.15) is 11.6 Å². The van der Waals surface area contributed by atoms with Gasteiger partial charge in [-0.05, 0) is 28.7 Å². The lowest BCUT2D eigenvalue weighted by Gasteiger charge is -2.13. The summed E-state index contributed by atoms with van der Waals surface area (Å²) >= 11 is 1.78. The van der Waals surface area contributed by atoms with E-state index >= 15 is 0 Å². The average Bonchev–Trinajstić information content (AvgIpc) is 3.26. The van der Waals surface area contributed by atoms with Crippen molar-refractivity contribution >= 4 is 40.0 Å². The molecule has 180 valence electrons. The smallest absolute Gasteiger partial charge is 0.434 e. The van der Waals surface area contributed by atoms with Crippen molar-refractivity contribution in [1.82, 2.24) is 24.7 Å². The highest BCUT2D eigenvalue weighted by Gasteiger charge is 2.41. The van der Waals surface area contributed by atoms with Crippen molar-refractivity contribution < 1.29 is 31.5 Å². The fourth-order valence-electron chi connectivity index (χ4n) is 2.90. The Hall–Kier alpha value is -3.89. The number of nitrogen functional groups attached to an aromatic ring is 1. The van der Waals surface area contributed by atoms with Crippen LogP contribution in [0.1, 0.15) is 16.1 Å². The molecule has 0 unspecified atom stereocenters. The average molecular weight is 603 g/mol. The highest BCUT2D eigenvalue weighted by molar-refractivity contribution is 14.1. The van der Waals surface area contributed by atoms with E-state index in [0.717, 1.165) is 0 Å². The largest absolute Gasteiger partial charge is 0.450 e. The molecule has 4 rings (SSSR count). The third kappa shape index (κ3) is 4.98. The summed E-state index contributed by atoms with van der Waals surface area (Å²) < 4.78 is 76.3. The van der Waals surface area contributed by atoms with Crippen LogP contribution in [0.15, 0.2) is 49.1 Å². The van der Waals surface area contributed by atoms with Crippen LogP contribution in [-0.4, -0.2) is 30.6 Å². The van der Waals surface area contributed by atoms with Gasteiger partial charge in [-0.2, -0.15) is 23.0 Å². The standard InChI is InChI=1S/C20H11F5IN7O2/c21-11-6-9(7-12(22)15(11)35-13-2-5-28-17(27)14(13)26)32-18(34)10-8-31-33(16(10)20(23,24)25)19-29-3-1-4-30-19/h1-8H,(H2,27,28)(H,32,34). The fraction of sp³-hybridized carbons (Fsp3) is 0.0500. The van der Waals surface area contributed by atoms with Crippen LogP contribution in [0.4, 0.5) is 33.5 Å². The van der Waals surface area contributed by atoms with Crippen molar-refractivity contribution in [2.75, 3.05) is 11.1 Å². The number of amides is 1. The Labute approximate surface area is 206 Å². The summed E-state index contributed by atoms with van der Waals surface area (Å²) in [6.45, 7) is 0. The molecular weight excluding hydrogens is 592 g/mol. The van der Waals surface area contributed by atoms with Crippen molar-refractivity contribution in [2.45, 2.75) is 6.18 Å². The van der Waals surface area contributed by atoms with Crippen LogP contribution in [0.2, 0.25) is 0 Å². The van der Waals surface area contributed by atoms with Gasteiger partial charge in [0.2, 0.25) is 0 Å². The number of pyridine rings is 1. The quantitative estimate of drug-likeness (QED) is 0.253. The Bertz CT molecular complexity index is 1390. The number of carbonyl (C=O) groups excluding carboxylic acids is 1. The minimum absolute atomic E-state index is 0.0260. The van der Waals surface area contributed by atoms with Gasteiger partial charge >= 0.3 is 6.18 Å². The van der Waals surface area contributed by atoms with Gasteiger partial charge < -0.3 is 15.8 Å². The molecule has 35 heavy (non-hydrogen) atoms. The van der Waals surface area contributed by atoms with Crippen molar-refractivity contribution in [2.24, 2.45) is 0 Å². The number of aromatic nitrogens is 5. The van der Waals surface area contributed by atoms with Crippen molar-refractivity contribution in [1.29, 1.82) is 0 Å². The number of alkyl halides is 3. The lowest BCUT2D eigenvalue weighted by molar-refractivity contribution is -0.143. The van der Waals surface area contributed by atoms with E-state index in [4.69, 9.17) is 10.5 Å². The van der Waals surface area contributed by atoms with E-state index in [0.29, 0.717) is 26.6 Å². The molecule has 0 aliphatic rings. The fourth-order valence-corrected chi connectivity index (χ4v) is 3.33. The minimum Gasteiger partial charge on any atom is -0.450 e. The number of nitrogens with zero attached hydrogens (tertiary/aromatic N) is 5. The molecule has 9 nitrogen and oxygen atoms in total. The van der Waals surface area contributed by atoms with Crippen LogP contribution in [0, 0.1) is 15.2 Å². The predicted molar refractivity (Wildman–Crippen MR) is 120 cm³/mol. The second-order valence-corrected chi connectivity index (χ2v) is 7.78. The molecule has 3 aromatic heterocycles. The van der Waals surface area contributed by atoms with Gasteiger partial charge in [0, 0.05) is 42.5 Å². The number of ether oxygens (including phenoxy) is 1. The molecule has 0 radical (unpaired) electrons. The van der Waals surface area contributed by atoms with Crippen LogP contribution in [0.3, 0.4) is 0 Å². The van der Waals surface area contributed by atoms with Crippen molar-refractivity contribution in [3.8, 4) is 17.4 Å². The normalized spacial score (nSPS) is 11.4. The number of rotatable bonds is 5. The highest BCUT2D eigenvalue weighted by atomic mass is 127. The predicted octanol–water partition coefficient (Wildman–Crippen LogP) is 4.59. The molecule has 0 spiro atoms. The summed E-state index contributed by atoms with van der Waals surface area (Å²) in [5.74, 6) is -4.90. The number of hydrogen-bond donors (Lipinski definition) is 2. The maximum atomic E-state index is 14.6. The number of hydrogen-bond acceptors (Lipinski definition) is 7. The third-order valence-electron chi connectivity index (χ3n) is 4.37. The molecule has 3 heterocycles. The van der Waals surface area contributed by atoms with Crippen LogP contribution >= 0.6 is 22.6 Å². The zero-order valence-electron chi connectivity index (χ0n) is 17.0. The summed E-state index contributed by atoms with van der Waals surface area (Å²) in [6.07, 6.45) is -0.717. The van der Waals surface area contributed by atoms with Crippen molar-refractivity contribution in [3.63, 3.8) is 0 Å². The topological polar surface area (TPSA) is 121 Å². The van der Waals surface area contributed by atoms with Gasteiger partial charge in [0.25, 0.3) is 11.9 Å². The number of anilines is 2. The minimum atomic E-state index is -5.03. The number of halogens is 6. The molecule has 0 aliphatic heterocycles. The molecule has 0 fully saturated rings. The summed E-state index contributed by atoms with van der Waals surface area (Å²) in [5.41, 5.74) is 2.80. The van der Waals surface area contributed by atoms with E-state index in [1.54, 1.807) is 22.6 Å². The van der Waals surface area contributed by atoms with Gasteiger partial charge in [-0.25, -0.2) is 23.7 Å². The molecule has 0 saturated carbocycles. The molecule has 0 aliphatic carbocycles. The van der Waals surface area contributed by atoms with Gasteiger partial charge in [0.15, 0.2) is 23.1 Å². The number of nitrogens with two attached hydrogens (primary N) is 1. The molecule has 1 amide bonds. The SMILES string of the molecule is Nc1nccc(Oc2c(F)cc(NC(=O)c3cnn(-c4ncccn4)c3C(F)(F)F)cc2F)c1I. The molecule has 15 heteroatoms. The van der Waals surface area contributed by atoms with E-state index < -0.39 is 52.4 Å². The first-order chi connectivity index (χ1) is 16.6. The van der Waals surface area contributed by atoms with Crippen LogP contribution in [0.5, 0.6) is 11.5 Å². The first-order valence-corrected chi connectivity index (χ1v) is 10.4. The molecule has 0 saturated heterocycles. The van der Waals surface area contributed by atoms with Crippen molar-refractivity contribution in [3.05, 3.63) is 75.5 Å². The van der Waals surface area contributed by atoms with Crippen LogP contribution in [0.25, 0.3) is 5.95 Å². The lowest BCUT2D eigenvalue weighted by Crippen LogP contribution is -2.21. The molecule has 1 aromatic carbocycles. The van der Waals surface area contributed by atoms with Gasteiger partial charge in [0.05, 0.1) is 15.3 Å². The van der Waals surface area contributed by atoms with E-state index in [2.05, 4.69) is 20.1 Å². The summed E-state index contributed by atoms with van der Waals surface area (Å²) in [5, 5.41) is 5.58. The summed E-state index contributed by atoms with van der Waals surface area (Å²) in [7, 11) is 0. The second-order valence-electron chi connectivity index (χ2n) is 6.70. The first kappa shape index (κ1) is 24.2. The van der Waals surface area contributed by atoms with E-state index in [9.17, 15) is 26.7 Å². The molecule has 0 bridgehead atoms. The number of nitrogens with one attached hydrogen (secondary N) is 1. The van der Waals surface area contributed by atoms with Gasteiger partial charge in [-0.3, -0.25) is 4.79 Å². The maximum absolute atomic E-state index is 14.6. The zero-order chi connectivity index (χ0) is 25.3. The van der Waals surface area contributed by atoms with Gasteiger partial charge in [-0.15, -0.1) is 0 Å². The van der Waals surface area contributed by atoms with Crippen LogP contribution in [-0.2, 0) is 6.18 Å². The Kier molecular flexibility index (Phi) is 6.51. The monoisotopic (exact) mass is 603 g/mol. The van der Waals surface area contributed by atoms with Crippen LogP contribution < -0.4 is 15.8 Å². The Balaban J connectivity index is 1.64. The lowest BCUT2D eigenvalue weighted by atomic mass is 10.2. The maximum Gasteiger partial charge on any atom is 0.434 e. The molecular formula is C20H11F5IN7O2. The second kappa shape index (κ2) is 9.40. The Morgan fingerprint density at radius 1 is 1.09 bits per heavy atom. The van der Waals surface area contributed by atoms with Gasteiger partial charge in [-0.1, -0.05) is 0 Å². The summed E-state index contributed by atoms with van der Waals surface area (Å²) in [6, 6.07) is 4.09. The number of benzene rings is 1. The zero-order valence-corrected chi connectivity index (χ0v) is 19.2. The first-order valence-electron chi connectivity index (χ1n) is 9.37. The Morgan fingerprint density at radius 2 is 1.74 bits per heavy atom. The highest BCUT2D eigenvalue weighted by Crippen LogP contribution is 2.35. The molecule has 4 aromatic rings.